The van der Waals surface area contributed by atoms with Crippen LogP contribution in [0.1, 0.15) is 43.3 Å². The number of aromatic nitrogens is 4. The Balaban J connectivity index is 1.78. The first kappa shape index (κ1) is 23.8. The number of anilines is 1. The van der Waals surface area contributed by atoms with Gasteiger partial charge >= 0.3 is 0 Å². The molecule has 3 aromatic rings. The molecule has 34 heavy (non-hydrogen) atoms. The fourth-order valence-corrected chi connectivity index (χ4v) is 4.38. The summed E-state index contributed by atoms with van der Waals surface area (Å²) in [6.07, 6.45) is 6.86. The maximum atomic E-state index is 9.99. The van der Waals surface area contributed by atoms with Crippen molar-refractivity contribution in [1.29, 1.82) is 0 Å². The van der Waals surface area contributed by atoms with E-state index in [2.05, 4.69) is 11.8 Å². The molecule has 0 aliphatic carbocycles. The van der Waals surface area contributed by atoms with E-state index in [-0.39, 0.29) is 6.10 Å². The zero-order valence-corrected chi connectivity index (χ0v) is 20.5. The Labute approximate surface area is 200 Å². The van der Waals surface area contributed by atoms with Gasteiger partial charge in [-0.05, 0) is 43.0 Å². The second kappa shape index (κ2) is 10.3. The molecule has 0 radical (unpaired) electrons. The van der Waals surface area contributed by atoms with Gasteiger partial charge in [-0.2, -0.15) is 5.10 Å². The number of ether oxygens (including phenoxy) is 3. The normalized spacial score (nSPS) is 14.8. The summed E-state index contributed by atoms with van der Waals surface area (Å²) in [4.78, 5) is 12.0. The van der Waals surface area contributed by atoms with Gasteiger partial charge in [0.15, 0.2) is 23.1 Å². The second-order valence-corrected chi connectivity index (χ2v) is 8.43. The van der Waals surface area contributed by atoms with Crippen molar-refractivity contribution in [2.45, 2.75) is 38.7 Å². The van der Waals surface area contributed by atoms with E-state index in [4.69, 9.17) is 29.3 Å². The van der Waals surface area contributed by atoms with Gasteiger partial charge in [-0.25, -0.2) is 9.97 Å². The lowest BCUT2D eigenvalue weighted by molar-refractivity contribution is 0.145. The monoisotopic (exact) mass is 467 g/mol. The highest BCUT2D eigenvalue weighted by molar-refractivity contribution is 5.89. The van der Waals surface area contributed by atoms with Crippen LogP contribution in [0.15, 0.2) is 12.1 Å². The molecule has 1 N–H and O–H groups in total. The second-order valence-electron chi connectivity index (χ2n) is 8.43. The number of rotatable bonds is 8. The highest BCUT2D eigenvalue weighted by Gasteiger charge is 2.24. The standard InChI is InChI=1S/C25H33N5O4/c1-6-7-18-22-23(29(2)28-18)25(30-12-10-17(31)11-13-30)27-21(26-22)9-8-16-14-19(32-3)24(34-5)20(15-16)33-4/h8-9,14-15,17,31H,6-7,10-13H2,1-5H3/b9-8+. The van der Waals surface area contributed by atoms with Crippen LogP contribution >= 0.6 is 0 Å². The van der Waals surface area contributed by atoms with Gasteiger partial charge in [0, 0.05) is 20.1 Å². The molecule has 0 atom stereocenters. The van der Waals surface area contributed by atoms with Gasteiger partial charge in [-0.15, -0.1) is 0 Å². The van der Waals surface area contributed by atoms with Crippen molar-refractivity contribution in [3.8, 4) is 17.2 Å². The topological polar surface area (TPSA) is 94.8 Å². The summed E-state index contributed by atoms with van der Waals surface area (Å²) in [5.41, 5.74) is 3.67. The van der Waals surface area contributed by atoms with Gasteiger partial charge in [-0.1, -0.05) is 19.4 Å². The number of benzene rings is 1. The molecule has 1 aliphatic heterocycles. The fourth-order valence-electron chi connectivity index (χ4n) is 4.38. The molecule has 1 saturated heterocycles. The van der Waals surface area contributed by atoms with E-state index >= 15 is 0 Å². The maximum absolute atomic E-state index is 9.99. The van der Waals surface area contributed by atoms with Crippen molar-refractivity contribution < 1.29 is 19.3 Å². The van der Waals surface area contributed by atoms with Crippen LogP contribution in [0.3, 0.4) is 0 Å². The fraction of sp³-hybridized carbons (Fsp3) is 0.480. The number of aryl methyl sites for hydroxylation is 2. The Morgan fingerprint density at radius 1 is 1.03 bits per heavy atom. The first-order chi connectivity index (χ1) is 16.5. The first-order valence-electron chi connectivity index (χ1n) is 11.6. The molecule has 182 valence electrons. The Morgan fingerprint density at radius 3 is 2.29 bits per heavy atom. The molecule has 0 unspecified atom stereocenters. The van der Waals surface area contributed by atoms with Crippen molar-refractivity contribution in [2.75, 3.05) is 39.3 Å². The molecule has 2 aromatic heterocycles. The Bertz CT molecular complexity index is 1160. The molecule has 4 rings (SSSR count). The van der Waals surface area contributed by atoms with Crippen LogP contribution in [0.4, 0.5) is 5.82 Å². The van der Waals surface area contributed by atoms with Crippen LogP contribution in [0.25, 0.3) is 23.2 Å². The summed E-state index contributed by atoms with van der Waals surface area (Å²) >= 11 is 0. The van der Waals surface area contributed by atoms with Crippen molar-refractivity contribution in [3.05, 3.63) is 29.2 Å². The molecule has 0 spiro atoms. The number of hydrogen-bond acceptors (Lipinski definition) is 8. The minimum absolute atomic E-state index is 0.254. The minimum atomic E-state index is -0.254. The minimum Gasteiger partial charge on any atom is -0.493 e. The highest BCUT2D eigenvalue weighted by atomic mass is 16.5. The number of methoxy groups -OCH3 is 3. The van der Waals surface area contributed by atoms with E-state index in [0.29, 0.717) is 23.1 Å². The summed E-state index contributed by atoms with van der Waals surface area (Å²) in [6.45, 7) is 3.63. The molecular formula is C25H33N5O4. The summed E-state index contributed by atoms with van der Waals surface area (Å²) in [6, 6.07) is 3.77. The number of nitrogens with zero attached hydrogens (tertiary/aromatic N) is 5. The third-order valence-electron chi connectivity index (χ3n) is 6.11. The van der Waals surface area contributed by atoms with Crippen LogP contribution in [0.2, 0.25) is 0 Å². The van der Waals surface area contributed by atoms with Gasteiger partial charge in [0.05, 0.1) is 33.1 Å². The quantitative estimate of drug-likeness (QED) is 0.538. The molecule has 0 bridgehead atoms. The molecule has 9 heteroatoms. The molecule has 1 aliphatic rings. The predicted molar refractivity (Wildman–Crippen MR) is 133 cm³/mol. The van der Waals surface area contributed by atoms with E-state index in [0.717, 1.165) is 66.9 Å². The average molecular weight is 468 g/mol. The lowest BCUT2D eigenvalue weighted by atomic mass is 10.1. The third kappa shape index (κ3) is 4.65. The van der Waals surface area contributed by atoms with Crippen LogP contribution in [-0.2, 0) is 13.5 Å². The van der Waals surface area contributed by atoms with Gasteiger partial charge in [0.2, 0.25) is 5.75 Å². The van der Waals surface area contributed by atoms with E-state index in [1.807, 2.05) is 36.0 Å². The Kier molecular flexibility index (Phi) is 7.21. The molecule has 1 fully saturated rings. The smallest absolute Gasteiger partial charge is 0.203 e. The molecule has 0 saturated carbocycles. The van der Waals surface area contributed by atoms with Gasteiger partial charge < -0.3 is 24.2 Å². The molecule has 3 heterocycles. The van der Waals surface area contributed by atoms with E-state index in [1.165, 1.54) is 0 Å². The molecule has 9 nitrogen and oxygen atoms in total. The SMILES string of the molecule is CCCc1nn(C)c2c(N3CCC(O)CC3)nc(/C=C/c3cc(OC)c(OC)c(OC)c3)nc12. The lowest BCUT2D eigenvalue weighted by Crippen LogP contribution is -2.36. The highest BCUT2D eigenvalue weighted by Crippen LogP contribution is 2.38. The number of aliphatic hydroxyl groups is 1. The largest absolute Gasteiger partial charge is 0.493 e. The third-order valence-corrected chi connectivity index (χ3v) is 6.11. The van der Waals surface area contributed by atoms with Crippen molar-refractivity contribution >= 4 is 29.0 Å². The van der Waals surface area contributed by atoms with Crippen molar-refractivity contribution in [3.63, 3.8) is 0 Å². The predicted octanol–water partition coefficient (Wildman–Crippen LogP) is 3.47. The zero-order chi connectivity index (χ0) is 24.2. The van der Waals surface area contributed by atoms with Gasteiger partial charge in [0.25, 0.3) is 0 Å². The molecule has 1 aromatic carbocycles. The van der Waals surface area contributed by atoms with Crippen molar-refractivity contribution in [1.82, 2.24) is 19.7 Å². The zero-order valence-electron chi connectivity index (χ0n) is 20.5. The first-order valence-corrected chi connectivity index (χ1v) is 11.6. The molecular weight excluding hydrogens is 434 g/mol. The van der Waals surface area contributed by atoms with Crippen LogP contribution in [0, 0.1) is 0 Å². The maximum Gasteiger partial charge on any atom is 0.203 e. The van der Waals surface area contributed by atoms with E-state index < -0.39 is 0 Å². The van der Waals surface area contributed by atoms with Crippen LogP contribution in [0.5, 0.6) is 17.2 Å². The van der Waals surface area contributed by atoms with Gasteiger partial charge in [0.1, 0.15) is 11.0 Å². The van der Waals surface area contributed by atoms with Crippen LogP contribution in [-0.4, -0.2) is 65.4 Å². The van der Waals surface area contributed by atoms with Crippen LogP contribution < -0.4 is 19.1 Å². The van der Waals surface area contributed by atoms with E-state index in [9.17, 15) is 5.11 Å². The number of piperidine rings is 1. The Hall–Kier alpha value is -3.33. The summed E-state index contributed by atoms with van der Waals surface area (Å²) in [5.74, 6) is 3.19. The van der Waals surface area contributed by atoms with E-state index in [1.54, 1.807) is 21.3 Å². The Morgan fingerprint density at radius 2 is 1.71 bits per heavy atom. The lowest BCUT2D eigenvalue weighted by Gasteiger charge is -2.31. The average Bonchev–Trinajstić information content (AvgIpc) is 3.17. The number of fused-ring (bicyclic) bond motifs is 1. The van der Waals surface area contributed by atoms with Crippen molar-refractivity contribution in [2.24, 2.45) is 7.05 Å². The number of hydrogen-bond donors (Lipinski definition) is 1. The van der Waals surface area contributed by atoms with Gasteiger partial charge in [-0.3, -0.25) is 4.68 Å². The summed E-state index contributed by atoms with van der Waals surface area (Å²) in [7, 11) is 6.73. The summed E-state index contributed by atoms with van der Waals surface area (Å²) < 4.78 is 18.3. The number of aliphatic hydroxyl groups excluding tert-OH is 1. The molecule has 0 amide bonds. The summed E-state index contributed by atoms with van der Waals surface area (Å²) in [5, 5.41) is 14.7.